The molecule has 1 aromatic rings. The van der Waals surface area contributed by atoms with Crippen LogP contribution in [-0.2, 0) is 13.0 Å². The van der Waals surface area contributed by atoms with Crippen molar-refractivity contribution in [2.45, 2.75) is 39.8 Å². The molecule has 1 rings (SSSR count). The molecule has 1 heterocycles. The van der Waals surface area contributed by atoms with Gasteiger partial charge in [0.15, 0.2) is 0 Å². The average Bonchev–Trinajstić information content (AvgIpc) is 2.42. The van der Waals surface area contributed by atoms with Crippen LogP contribution in [0.15, 0.2) is 0 Å². The minimum absolute atomic E-state index is 0.222. The zero-order chi connectivity index (χ0) is 10.7. The zero-order valence-electron chi connectivity index (χ0n) is 8.99. The van der Waals surface area contributed by atoms with Gasteiger partial charge >= 0.3 is 0 Å². The minimum atomic E-state index is -0.724. The van der Waals surface area contributed by atoms with E-state index < -0.39 is 6.10 Å². The Bertz CT molecular complexity index is 307. The van der Waals surface area contributed by atoms with E-state index in [4.69, 9.17) is 5.11 Å². The third-order valence-corrected chi connectivity index (χ3v) is 2.48. The maximum Gasteiger partial charge on any atom is 0.0966 e. The molecule has 0 aliphatic heterocycles. The lowest BCUT2D eigenvalue weighted by Gasteiger charge is -2.08. The van der Waals surface area contributed by atoms with E-state index in [0.717, 1.165) is 17.8 Å². The largest absolute Gasteiger partial charge is 0.394 e. The normalized spacial score (nSPS) is 13.2. The van der Waals surface area contributed by atoms with Crippen LogP contribution in [0.1, 0.15) is 23.9 Å². The average molecular weight is 198 g/mol. The first-order valence-corrected chi connectivity index (χ1v) is 4.92. The summed E-state index contributed by atoms with van der Waals surface area (Å²) in [4.78, 5) is 0. The van der Waals surface area contributed by atoms with Gasteiger partial charge in [0.2, 0.25) is 0 Å². The smallest absolute Gasteiger partial charge is 0.0966 e. The molecule has 0 aliphatic carbocycles. The van der Waals surface area contributed by atoms with Gasteiger partial charge < -0.3 is 10.2 Å². The van der Waals surface area contributed by atoms with Gasteiger partial charge in [-0.15, -0.1) is 0 Å². The maximum atomic E-state index is 9.30. The van der Waals surface area contributed by atoms with Crippen LogP contribution in [0.4, 0.5) is 0 Å². The van der Waals surface area contributed by atoms with Crippen LogP contribution in [0.3, 0.4) is 0 Å². The Morgan fingerprint density at radius 3 is 2.50 bits per heavy atom. The van der Waals surface area contributed by atoms with Gasteiger partial charge in [0.05, 0.1) is 24.9 Å². The van der Waals surface area contributed by atoms with Gasteiger partial charge in [-0.3, -0.25) is 4.68 Å². The summed E-state index contributed by atoms with van der Waals surface area (Å²) in [6.45, 7) is 6.18. The van der Waals surface area contributed by atoms with Crippen molar-refractivity contribution in [3.05, 3.63) is 17.0 Å². The predicted molar refractivity (Wildman–Crippen MR) is 54.2 cm³/mol. The Labute approximate surface area is 84.2 Å². The molecular formula is C10H18N2O2. The molecule has 0 aromatic carbocycles. The summed E-state index contributed by atoms with van der Waals surface area (Å²) in [5, 5.41) is 22.3. The van der Waals surface area contributed by atoms with Crippen molar-refractivity contribution in [3.63, 3.8) is 0 Å². The third kappa shape index (κ3) is 2.13. The molecule has 2 N–H and O–H groups in total. The molecule has 1 atom stereocenters. The van der Waals surface area contributed by atoms with Crippen LogP contribution in [0, 0.1) is 13.8 Å². The highest BCUT2D eigenvalue weighted by molar-refractivity contribution is 5.24. The Morgan fingerprint density at radius 1 is 1.43 bits per heavy atom. The van der Waals surface area contributed by atoms with Crippen LogP contribution in [0.25, 0.3) is 0 Å². The second-order valence-corrected chi connectivity index (χ2v) is 3.52. The molecule has 0 bridgehead atoms. The summed E-state index contributed by atoms with van der Waals surface area (Å²) in [5.74, 6) is 0. The molecule has 1 unspecified atom stereocenters. The van der Waals surface area contributed by atoms with E-state index in [0.29, 0.717) is 6.54 Å². The highest BCUT2D eigenvalue weighted by atomic mass is 16.3. The molecule has 4 nitrogen and oxygen atoms in total. The van der Waals surface area contributed by atoms with Crippen LogP contribution < -0.4 is 0 Å². The summed E-state index contributed by atoms with van der Waals surface area (Å²) in [7, 11) is 0. The number of hydrogen-bond donors (Lipinski definition) is 2. The van der Waals surface area contributed by atoms with Crippen molar-refractivity contribution in [2.75, 3.05) is 6.61 Å². The van der Waals surface area contributed by atoms with Gasteiger partial charge in [-0.05, 0) is 25.8 Å². The van der Waals surface area contributed by atoms with E-state index in [1.54, 1.807) is 4.68 Å². The van der Waals surface area contributed by atoms with Crippen LogP contribution in [0.2, 0.25) is 0 Å². The molecule has 0 saturated carbocycles. The third-order valence-electron chi connectivity index (χ3n) is 2.48. The van der Waals surface area contributed by atoms with Crippen molar-refractivity contribution in [1.29, 1.82) is 0 Å². The number of nitrogens with zero attached hydrogens (tertiary/aromatic N) is 2. The molecule has 80 valence electrons. The van der Waals surface area contributed by atoms with E-state index in [1.165, 1.54) is 5.56 Å². The number of aromatic nitrogens is 2. The van der Waals surface area contributed by atoms with Gasteiger partial charge in [-0.1, -0.05) is 6.92 Å². The Hall–Kier alpha value is -0.870. The minimum Gasteiger partial charge on any atom is -0.394 e. The second-order valence-electron chi connectivity index (χ2n) is 3.52. The second kappa shape index (κ2) is 4.57. The molecule has 1 aromatic heterocycles. The number of aliphatic hydroxyl groups excluding tert-OH is 2. The lowest BCUT2D eigenvalue weighted by molar-refractivity contribution is 0.0776. The summed E-state index contributed by atoms with van der Waals surface area (Å²) >= 11 is 0. The Balaban J connectivity index is 2.88. The molecule has 0 amide bonds. The summed E-state index contributed by atoms with van der Waals surface area (Å²) < 4.78 is 1.76. The van der Waals surface area contributed by atoms with Gasteiger partial charge in [-0.2, -0.15) is 5.10 Å². The number of aryl methyl sites for hydroxylation is 1. The fourth-order valence-electron chi connectivity index (χ4n) is 1.68. The molecule has 14 heavy (non-hydrogen) atoms. The monoisotopic (exact) mass is 198 g/mol. The van der Waals surface area contributed by atoms with Gasteiger partial charge in [0.25, 0.3) is 0 Å². The lowest BCUT2D eigenvalue weighted by Crippen LogP contribution is -2.21. The van der Waals surface area contributed by atoms with Crippen molar-refractivity contribution < 1.29 is 10.2 Å². The molecule has 0 fully saturated rings. The number of hydrogen-bond acceptors (Lipinski definition) is 3. The topological polar surface area (TPSA) is 58.3 Å². The molecule has 4 heteroatoms. The molecule has 0 radical (unpaired) electrons. The van der Waals surface area contributed by atoms with E-state index in [9.17, 15) is 5.11 Å². The molecule has 0 spiro atoms. The summed E-state index contributed by atoms with van der Waals surface area (Å²) in [6, 6.07) is 0. The molecule has 0 saturated heterocycles. The van der Waals surface area contributed by atoms with Gasteiger partial charge in [0.1, 0.15) is 0 Å². The van der Waals surface area contributed by atoms with Crippen molar-refractivity contribution in [1.82, 2.24) is 9.78 Å². The Morgan fingerprint density at radius 2 is 2.07 bits per heavy atom. The first kappa shape index (κ1) is 11.2. The van der Waals surface area contributed by atoms with Crippen LogP contribution >= 0.6 is 0 Å². The van der Waals surface area contributed by atoms with Crippen molar-refractivity contribution >= 4 is 0 Å². The van der Waals surface area contributed by atoms with Gasteiger partial charge in [-0.25, -0.2) is 0 Å². The summed E-state index contributed by atoms with van der Waals surface area (Å²) in [6.07, 6.45) is 0.227. The first-order chi connectivity index (χ1) is 6.60. The zero-order valence-corrected chi connectivity index (χ0v) is 8.99. The van der Waals surface area contributed by atoms with Crippen molar-refractivity contribution in [3.8, 4) is 0 Å². The van der Waals surface area contributed by atoms with Gasteiger partial charge in [0, 0.05) is 5.69 Å². The van der Waals surface area contributed by atoms with E-state index in [-0.39, 0.29) is 6.61 Å². The van der Waals surface area contributed by atoms with E-state index in [2.05, 4.69) is 12.0 Å². The maximum absolute atomic E-state index is 9.30. The van der Waals surface area contributed by atoms with E-state index in [1.807, 2.05) is 13.8 Å². The quantitative estimate of drug-likeness (QED) is 0.737. The van der Waals surface area contributed by atoms with E-state index >= 15 is 0 Å². The highest BCUT2D eigenvalue weighted by Gasteiger charge is 2.12. The van der Waals surface area contributed by atoms with Crippen molar-refractivity contribution in [2.24, 2.45) is 0 Å². The Kier molecular flexibility index (Phi) is 3.66. The SMILES string of the molecule is CCc1c(C)nn(CC(O)CO)c1C. The number of aliphatic hydroxyl groups is 2. The number of rotatable bonds is 4. The van der Waals surface area contributed by atoms with Crippen LogP contribution in [-0.4, -0.2) is 32.7 Å². The predicted octanol–water partition coefficient (Wildman–Crippen LogP) is 0.416. The fraction of sp³-hybridized carbons (Fsp3) is 0.700. The molecular weight excluding hydrogens is 180 g/mol. The van der Waals surface area contributed by atoms with Crippen LogP contribution in [0.5, 0.6) is 0 Å². The molecule has 0 aliphatic rings. The summed E-state index contributed by atoms with van der Waals surface area (Å²) in [5.41, 5.74) is 3.32. The lowest BCUT2D eigenvalue weighted by atomic mass is 10.1. The fourth-order valence-corrected chi connectivity index (χ4v) is 1.68. The standard InChI is InChI=1S/C10H18N2O2/c1-4-10-7(2)11-12(8(10)3)5-9(14)6-13/h9,13-14H,4-6H2,1-3H3. The first-order valence-electron chi connectivity index (χ1n) is 4.92. The highest BCUT2D eigenvalue weighted by Crippen LogP contribution is 2.13.